The van der Waals surface area contributed by atoms with Gasteiger partial charge in [-0.2, -0.15) is 4.31 Å². The largest absolute Gasteiger partial charge is 0.390 e. The number of ketones is 1. The van der Waals surface area contributed by atoms with E-state index >= 15 is 0 Å². The van der Waals surface area contributed by atoms with Gasteiger partial charge in [-0.05, 0) is 55.7 Å². The molecule has 1 amide bonds. The van der Waals surface area contributed by atoms with Crippen molar-refractivity contribution in [2.75, 3.05) is 13.1 Å². The number of halogens is 1. The average molecular weight is 544 g/mol. The molecule has 1 heterocycles. The zero-order valence-electron chi connectivity index (χ0n) is 21.0. The molecule has 0 radical (unpaired) electrons. The lowest BCUT2D eigenvalue weighted by Crippen LogP contribution is -2.51. The van der Waals surface area contributed by atoms with E-state index < -0.39 is 52.8 Å². The Balaban J connectivity index is 1.93. The summed E-state index contributed by atoms with van der Waals surface area (Å²) in [5.74, 6) is -1.80. The highest BCUT2D eigenvalue weighted by Crippen LogP contribution is 2.22. The van der Waals surface area contributed by atoms with Gasteiger partial charge in [-0.3, -0.25) is 14.6 Å². The van der Waals surface area contributed by atoms with E-state index in [4.69, 9.17) is 0 Å². The van der Waals surface area contributed by atoms with Gasteiger partial charge in [-0.25, -0.2) is 12.8 Å². The van der Waals surface area contributed by atoms with Gasteiger partial charge >= 0.3 is 0 Å². The second-order valence-electron chi connectivity index (χ2n) is 8.94. The fourth-order valence-electron chi connectivity index (χ4n) is 3.93. The van der Waals surface area contributed by atoms with Crippen LogP contribution in [0.1, 0.15) is 34.1 Å². The Bertz CT molecular complexity index is 1380. The van der Waals surface area contributed by atoms with Gasteiger partial charge in [0, 0.05) is 18.3 Å². The maximum absolute atomic E-state index is 13.9. The molecular formula is C27H30FN3O6S. The molecule has 2 atom stereocenters. The molecule has 0 saturated heterocycles. The van der Waals surface area contributed by atoms with Crippen molar-refractivity contribution in [1.29, 1.82) is 0 Å². The number of amides is 1. The van der Waals surface area contributed by atoms with Crippen molar-refractivity contribution in [3.05, 3.63) is 95.1 Å². The first-order chi connectivity index (χ1) is 18.0. The normalized spacial score (nSPS) is 13.2. The third kappa shape index (κ3) is 7.51. The van der Waals surface area contributed by atoms with E-state index in [0.717, 1.165) is 22.0 Å². The molecule has 202 valence electrons. The number of pyridine rings is 1. The number of aliphatic hydroxyl groups excluding tert-OH is 2. The Hall–Kier alpha value is -3.51. The van der Waals surface area contributed by atoms with Gasteiger partial charge in [0.1, 0.15) is 11.6 Å². The van der Waals surface area contributed by atoms with Crippen molar-refractivity contribution in [3.8, 4) is 0 Å². The number of rotatable bonds is 12. The average Bonchev–Trinajstić information content (AvgIpc) is 2.89. The molecule has 3 rings (SSSR count). The Morgan fingerprint density at radius 3 is 2.47 bits per heavy atom. The number of nitrogens with one attached hydrogen (secondary N) is 1. The van der Waals surface area contributed by atoms with Gasteiger partial charge in [0.2, 0.25) is 10.0 Å². The van der Waals surface area contributed by atoms with E-state index in [1.165, 1.54) is 38.2 Å². The second kappa shape index (κ2) is 12.8. The predicted molar refractivity (Wildman–Crippen MR) is 138 cm³/mol. The van der Waals surface area contributed by atoms with Gasteiger partial charge in [0.15, 0.2) is 0 Å². The standard InChI is InChI=1S/C27H30FN3O6S/c1-18-8-9-22(28)14-26(18)38(36,37)31(15-19(2)33)16-25(34)24(12-20-6-4-3-5-7-20)30-27(35)21-10-11-29-23(13-21)17-32/h3-11,13-14,24-25,32,34H,12,15-17H2,1-2H3,(H,30,35)/t24-,25+/m0/s1. The van der Waals surface area contributed by atoms with Crippen LogP contribution in [0.25, 0.3) is 0 Å². The Morgan fingerprint density at radius 1 is 1.11 bits per heavy atom. The molecule has 11 heteroatoms. The third-order valence-corrected chi connectivity index (χ3v) is 7.83. The molecule has 9 nitrogen and oxygen atoms in total. The topological polar surface area (TPSA) is 137 Å². The molecule has 0 saturated carbocycles. The molecule has 1 aromatic heterocycles. The highest BCUT2D eigenvalue weighted by Gasteiger charge is 2.33. The van der Waals surface area contributed by atoms with Crippen LogP contribution in [0.5, 0.6) is 0 Å². The van der Waals surface area contributed by atoms with Crippen molar-refractivity contribution in [2.24, 2.45) is 0 Å². The Morgan fingerprint density at radius 2 is 1.82 bits per heavy atom. The lowest BCUT2D eigenvalue weighted by molar-refractivity contribution is -0.117. The van der Waals surface area contributed by atoms with Crippen LogP contribution in [0, 0.1) is 12.7 Å². The van der Waals surface area contributed by atoms with Gasteiger partial charge in [-0.1, -0.05) is 36.4 Å². The quantitative estimate of drug-likeness (QED) is 0.318. The minimum absolute atomic E-state index is 0.151. The second-order valence-corrected chi connectivity index (χ2v) is 10.8. The molecule has 0 aliphatic carbocycles. The van der Waals surface area contributed by atoms with Crippen LogP contribution in [-0.4, -0.2) is 64.8 Å². The number of Topliss-reactive ketones (excluding diaryl/α,β-unsaturated/α-hetero) is 1. The summed E-state index contributed by atoms with van der Waals surface area (Å²) in [6, 6.07) is 14.2. The smallest absolute Gasteiger partial charge is 0.251 e. The zero-order chi connectivity index (χ0) is 27.9. The molecule has 0 unspecified atom stereocenters. The van der Waals surface area contributed by atoms with E-state index in [9.17, 15) is 32.6 Å². The van der Waals surface area contributed by atoms with Crippen LogP contribution < -0.4 is 5.32 Å². The summed E-state index contributed by atoms with van der Waals surface area (Å²) < 4.78 is 41.6. The highest BCUT2D eigenvalue weighted by molar-refractivity contribution is 7.89. The lowest BCUT2D eigenvalue weighted by atomic mass is 10.0. The fraction of sp³-hybridized carbons (Fsp3) is 0.296. The first kappa shape index (κ1) is 29.1. The van der Waals surface area contributed by atoms with E-state index in [1.54, 1.807) is 24.3 Å². The number of aliphatic hydroxyl groups is 2. The Labute approximate surface area is 221 Å². The summed E-state index contributed by atoms with van der Waals surface area (Å²) >= 11 is 0. The third-order valence-electron chi connectivity index (χ3n) is 5.88. The summed E-state index contributed by atoms with van der Waals surface area (Å²) in [7, 11) is -4.38. The number of carbonyl (C=O) groups excluding carboxylic acids is 2. The minimum Gasteiger partial charge on any atom is -0.390 e. The molecule has 0 bridgehead atoms. The van der Waals surface area contributed by atoms with Crippen LogP contribution in [0.15, 0.2) is 71.8 Å². The lowest BCUT2D eigenvalue weighted by Gasteiger charge is -2.29. The van der Waals surface area contributed by atoms with Crippen molar-refractivity contribution in [1.82, 2.24) is 14.6 Å². The van der Waals surface area contributed by atoms with Gasteiger partial charge < -0.3 is 15.5 Å². The number of sulfonamides is 1. The van der Waals surface area contributed by atoms with Crippen LogP contribution >= 0.6 is 0 Å². The molecule has 2 aromatic carbocycles. The number of hydrogen-bond donors (Lipinski definition) is 3. The fourth-order valence-corrected chi connectivity index (χ4v) is 5.65. The summed E-state index contributed by atoms with van der Waals surface area (Å²) in [6.45, 7) is 1.26. The highest BCUT2D eigenvalue weighted by atomic mass is 32.2. The van der Waals surface area contributed by atoms with E-state index in [2.05, 4.69) is 10.3 Å². The molecule has 3 aromatic rings. The van der Waals surface area contributed by atoms with E-state index in [-0.39, 0.29) is 34.7 Å². The minimum atomic E-state index is -4.38. The molecule has 0 aliphatic heterocycles. The predicted octanol–water partition coefficient (Wildman–Crippen LogP) is 2.00. The number of hydrogen-bond acceptors (Lipinski definition) is 7. The number of aryl methyl sites for hydroxylation is 1. The molecule has 0 aliphatic rings. The van der Waals surface area contributed by atoms with Gasteiger partial charge in [0.05, 0.1) is 35.9 Å². The van der Waals surface area contributed by atoms with Crippen molar-refractivity contribution < 1.29 is 32.6 Å². The van der Waals surface area contributed by atoms with Crippen molar-refractivity contribution in [3.63, 3.8) is 0 Å². The maximum Gasteiger partial charge on any atom is 0.251 e. The van der Waals surface area contributed by atoms with E-state index in [1.807, 2.05) is 6.07 Å². The number of benzene rings is 2. The van der Waals surface area contributed by atoms with Crippen LogP contribution in [0.3, 0.4) is 0 Å². The van der Waals surface area contributed by atoms with Crippen molar-refractivity contribution >= 4 is 21.7 Å². The van der Waals surface area contributed by atoms with Crippen LogP contribution in [0.2, 0.25) is 0 Å². The van der Waals surface area contributed by atoms with Crippen LogP contribution in [-0.2, 0) is 27.8 Å². The monoisotopic (exact) mass is 543 g/mol. The summed E-state index contributed by atoms with van der Waals surface area (Å²) in [5.41, 5.74) is 1.52. The molecular weight excluding hydrogens is 513 g/mol. The number of nitrogens with zero attached hydrogens (tertiary/aromatic N) is 2. The summed E-state index contributed by atoms with van der Waals surface area (Å²) in [6.07, 6.45) is 0.0748. The zero-order valence-corrected chi connectivity index (χ0v) is 21.9. The first-order valence-corrected chi connectivity index (χ1v) is 13.3. The van der Waals surface area contributed by atoms with Gasteiger partial charge in [-0.15, -0.1) is 0 Å². The maximum atomic E-state index is 13.9. The number of carbonyl (C=O) groups is 2. The van der Waals surface area contributed by atoms with Crippen molar-refractivity contribution in [2.45, 2.75) is 43.9 Å². The molecule has 38 heavy (non-hydrogen) atoms. The molecule has 0 fully saturated rings. The number of aromatic nitrogens is 1. The van der Waals surface area contributed by atoms with Crippen LogP contribution in [0.4, 0.5) is 4.39 Å². The SMILES string of the molecule is CC(=O)CN(C[C@@H](O)[C@H](Cc1ccccc1)NC(=O)c1ccnc(CO)c1)S(=O)(=O)c1cc(F)ccc1C. The summed E-state index contributed by atoms with van der Waals surface area (Å²) in [4.78, 5) is 28.6. The first-order valence-electron chi connectivity index (χ1n) is 11.9. The van der Waals surface area contributed by atoms with E-state index in [0.29, 0.717) is 0 Å². The van der Waals surface area contributed by atoms with Gasteiger partial charge in [0.25, 0.3) is 5.91 Å². The molecule has 3 N–H and O–H groups in total. The molecule has 0 spiro atoms. The Kier molecular flexibility index (Phi) is 9.81. The summed E-state index contributed by atoms with van der Waals surface area (Å²) in [5, 5.41) is 23.3.